The molecule has 0 atom stereocenters. The van der Waals surface area contributed by atoms with Crippen LogP contribution in [0.3, 0.4) is 0 Å². The van der Waals surface area contributed by atoms with Crippen LogP contribution in [-0.2, 0) is 19.5 Å². The first-order valence-corrected chi connectivity index (χ1v) is 9.98. The van der Waals surface area contributed by atoms with Gasteiger partial charge < -0.3 is 19.5 Å². The van der Waals surface area contributed by atoms with Gasteiger partial charge in [0.05, 0.1) is 27.0 Å². The summed E-state index contributed by atoms with van der Waals surface area (Å²) in [6.07, 6.45) is 2.66. The van der Waals surface area contributed by atoms with Gasteiger partial charge in [0.25, 0.3) is 0 Å². The Hall–Kier alpha value is -3.39. The molecule has 1 aliphatic heterocycles. The summed E-state index contributed by atoms with van der Waals surface area (Å²) < 4.78 is 29.5. The Morgan fingerprint density at radius 1 is 1.00 bits per heavy atom. The SMILES string of the molecule is COc1cc(OC)c(OC)cc1CN1CCc2nc(Nc3ccc(F)cc3)ncc2C1. The van der Waals surface area contributed by atoms with Crippen molar-refractivity contribution in [2.24, 2.45) is 0 Å². The zero-order valence-corrected chi connectivity index (χ0v) is 17.8. The number of halogens is 1. The van der Waals surface area contributed by atoms with Crippen LogP contribution in [-0.4, -0.2) is 42.7 Å². The summed E-state index contributed by atoms with van der Waals surface area (Å²) in [4.78, 5) is 11.4. The average molecular weight is 424 g/mol. The fraction of sp³-hybridized carbons (Fsp3) is 0.304. The van der Waals surface area contributed by atoms with Crippen molar-refractivity contribution in [2.45, 2.75) is 19.5 Å². The molecular weight excluding hydrogens is 399 g/mol. The van der Waals surface area contributed by atoms with E-state index in [4.69, 9.17) is 14.2 Å². The van der Waals surface area contributed by atoms with Crippen molar-refractivity contribution < 1.29 is 18.6 Å². The Bertz CT molecular complexity index is 1060. The minimum atomic E-state index is -0.275. The summed E-state index contributed by atoms with van der Waals surface area (Å²) in [6, 6.07) is 9.94. The van der Waals surface area contributed by atoms with Crippen molar-refractivity contribution in [3.63, 3.8) is 0 Å². The molecule has 0 saturated carbocycles. The zero-order valence-electron chi connectivity index (χ0n) is 17.8. The van der Waals surface area contributed by atoms with E-state index in [2.05, 4.69) is 20.2 Å². The molecule has 0 spiro atoms. The molecule has 0 unspecified atom stereocenters. The maximum Gasteiger partial charge on any atom is 0.227 e. The summed E-state index contributed by atoms with van der Waals surface area (Å²) in [5.74, 6) is 2.32. The number of nitrogens with zero attached hydrogens (tertiary/aromatic N) is 3. The van der Waals surface area contributed by atoms with Crippen LogP contribution < -0.4 is 19.5 Å². The predicted octanol–water partition coefficient (Wildman–Crippen LogP) is 3.94. The van der Waals surface area contributed by atoms with Crippen LogP contribution in [0.5, 0.6) is 17.2 Å². The van der Waals surface area contributed by atoms with E-state index in [1.807, 2.05) is 18.3 Å². The van der Waals surface area contributed by atoms with Gasteiger partial charge in [-0.25, -0.2) is 14.4 Å². The molecule has 0 bridgehead atoms. The van der Waals surface area contributed by atoms with E-state index in [0.29, 0.717) is 24.0 Å². The molecule has 1 aromatic heterocycles. The lowest BCUT2D eigenvalue weighted by molar-refractivity contribution is 0.238. The minimum absolute atomic E-state index is 0.275. The van der Waals surface area contributed by atoms with Gasteiger partial charge in [-0.1, -0.05) is 0 Å². The van der Waals surface area contributed by atoms with Crippen LogP contribution in [0.1, 0.15) is 16.8 Å². The van der Waals surface area contributed by atoms with Crippen molar-refractivity contribution >= 4 is 11.6 Å². The average Bonchev–Trinajstić information content (AvgIpc) is 2.80. The van der Waals surface area contributed by atoms with E-state index < -0.39 is 0 Å². The summed E-state index contributed by atoms with van der Waals surface area (Å²) in [5, 5.41) is 3.13. The summed E-state index contributed by atoms with van der Waals surface area (Å²) in [7, 11) is 4.89. The van der Waals surface area contributed by atoms with E-state index in [1.54, 1.807) is 33.5 Å². The third-order valence-corrected chi connectivity index (χ3v) is 5.29. The fourth-order valence-corrected chi connectivity index (χ4v) is 3.69. The zero-order chi connectivity index (χ0) is 21.8. The van der Waals surface area contributed by atoms with Crippen molar-refractivity contribution in [3.05, 3.63) is 65.2 Å². The second-order valence-electron chi connectivity index (χ2n) is 7.28. The molecule has 2 heterocycles. The molecule has 8 heteroatoms. The summed E-state index contributed by atoms with van der Waals surface area (Å²) in [5.41, 5.74) is 3.89. The van der Waals surface area contributed by atoms with Crippen LogP contribution in [0.15, 0.2) is 42.6 Å². The topological polar surface area (TPSA) is 68.7 Å². The Labute approximate surface area is 180 Å². The second-order valence-corrected chi connectivity index (χ2v) is 7.28. The van der Waals surface area contributed by atoms with Crippen molar-refractivity contribution in [2.75, 3.05) is 33.2 Å². The highest BCUT2D eigenvalue weighted by molar-refractivity contribution is 5.53. The minimum Gasteiger partial charge on any atom is -0.496 e. The quantitative estimate of drug-likeness (QED) is 0.616. The largest absolute Gasteiger partial charge is 0.496 e. The van der Waals surface area contributed by atoms with E-state index in [1.165, 1.54) is 12.1 Å². The molecule has 0 amide bonds. The first-order valence-electron chi connectivity index (χ1n) is 9.98. The maximum absolute atomic E-state index is 13.1. The van der Waals surface area contributed by atoms with E-state index in [0.717, 1.165) is 47.8 Å². The Morgan fingerprint density at radius 2 is 1.71 bits per heavy atom. The smallest absolute Gasteiger partial charge is 0.227 e. The Morgan fingerprint density at radius 3 is 2.42 bits per heavy atom. The van der Waals surface area contributed by atoms with Gasteiger partial charge in [0, 0.05) is 55.1 Å². The van der Waals surface area contributed by atoms with Gasteiger partial charge in [-0.2, -0.15) is 0 Å². The third kappa shape index (κ3) is 4.69. The number of ether oxygens (including phenoxy) is 3. The van der Waals surface area contributed by atoms with Gasteiger partial charge in [-0.15, -0.1) is 0 Å². The molecule has 2 aromatic carbocycles. The van der Waals surface area contributed by atoms with Crippen molar-refractivity contribution in [3.8, 4) is 17.2 Å². The summed E-state index contributed by atoms with van der Waals surface area (Å²) >= 11 is 0. The first kappa shape index (κ1) is 20.9. The molecule has 4 rings (SSSR count). The number of hydrogen-bond acceptors (Lipinski definition) is 7. The predicted molar refractivity (Wildman–Crippen MR) is 116 cm³/mol. The van der Waals surface area contributed by atoms with Gasteiger partial charge in [0.2, 0.25) is 5.95 Å². The number of hydrogen-bond donors (Lipinski definition) is 1. The van der Waals surface area contributed by atoms with E-state index in [9.17, 15) is 4.39 Å². The normalized spacial score (nSPS) is 13.4. The molecule has 1 N–H and O–H groups in total. The van der Waals surface area contributed by atoms with Crippen molar-refractivity contribution in [1.29, 1.82) is 0 Å². The number of nitrogens with one attached hydrogen (secondary N) is 1. The van der Waals surface area contributed by atoms with Crippen LogP contribution in [0.2, 0.25) is 0 Å². The highest BCUT2D eigenvalue weighted by Gasteiger charge is 2.21. The van der Waals surface area contributed by atoms with Crippen LogP contribution in [0.25, 0.3) is 0 Å². The van der Waals surface area contributed by atoms with Gasteiger partial charge in [0.15, 0.2) is 11.5 Å². The van der Waals surface area contributed by atoms with Crippen LogP contribution in [0.4, 0.5) is 16.0 Å². The monoisotopic (exact) mass is 424 g/mol. The molecule has 0 saturated heterocycles. The lowest BCUT2D eigenvalue weighted by atomic mass is 10.1. The van der Waals surface area contributed by atoms with Gasteiger partial charge in [0.1, 0.15) is 11.6 Å². The first-order chi connectivity index (χ1) is 15.1. The van der Waals surface area contributed by atoms with Gasteiger partial charge in [-0.05, 0) is 30.3 Å². The maximum atomic E-state index is 13.1. The molecule has 162 valence electrons. The molecule has 1 aliphatic rings. The molecule has 3 aromatic rings. The molecule has 0 aliphatic carbocycles. The number of fused-ring (bicyclic) bond motifs is 1. The second kappa shape index (κ2) is 9.18. The third-order valence-electron chi connectivity index (χ3n) is 5.29. The number of methoxy groups -OCH3 is 3. The fourth-order valence-electron chi connectivity index (χ4n) is 3.69. The lowest BCUT2D eigenvalue weighted by Gasteiger charge is -2.28. The highest BCUT2D eigenvalue weighted by atomic mass is 19.1. The molecule has 0 fully saturated rings. The standard InChI is InChI=1S/C23H25FN4O3/c1-29-20-11-22(31-3)21(30-2)10-15(20)13-28-9-8-19-16(14-28)12-25-23(27-19)26-18-6-4-17(24)5-7-18/h4-7,10-12H,8-9,13-14H2,1-3H3,(H,25,26,27). The molecule has 0 radical (unpaired) electrons. The van der Waals surface area contributed by atoms with E-state index >= 15 is 0 Å². The van der Waals surface area contributed by atoms with Gasteiger partial charge >= 0.3 is 0 Å². The lowest BCUT2D eigenvalue weighted by Crippen LogP contribution is -2.31. The molecular formula is C23H25FN4O3. The van der Waals surface area contributed by atoms with Gasteiger partial charge in [-0.3, -0.25) is 4.90 Å². The van der Waals surface area contributed by atoms with E-state index in [-0.39, 0.29) is 5.82 Å². The number of benzene rings is 2. The summed E-state index contributed by atoms with van der Waals surface area (Å²) in [6.45, 7) is 2.31. The number of aromatic nitrogens is 2. The van der Waals surface area contributed by atoms with Crippen molar-refractivity contribution in [1.82, 2.24) is 14.9 Å². The Kier molecular flexibility index (Phi) is 6.18. The Balaban J connectivity index is 1.47. The van der Waals surface area contributed by atoms with Crippen LogP contribution in [0, 0.1) is 5.82 Å². The molecule has 7 nitrogen and oxygen atoms in total. The molecule has 31 heavy (non-hydrogen) atoms. The number of rotatable bonds is 7. The van der Waals surface area contributed by atoms with Crippen LogP contribution >= 0.6 is 0 Å². The highest BCUT2D eigenvalue weighted by Crippen LogP contribution is 2.35. The number of anilines is 2.